The number of anilines is 1. The summed E-state index contributed by atoms with van der Waals surface area (Å²) in [7, 11) is 0. The maximum Gasteiger partial charge on any atom is 0.352 e. The molecule has 0 bridgehead atoms. The number of ketones is 1. The molecule has 2 fully saturated rings. The molecule has 55 heavy (non-hydrogen) atoms. The average molecular weight is 798 g/mol. The van der Waals surface area contributed by atoms with Crippen LogP contribution in [0.3, 0.4) is 0 Å². The molecule has 2 saturated heterocycles. The number of Topliss-reactive ketones (excluding diaryl/α,β-unsaturated/α-hetero) is 1. The topological polar surface area (TPSA) is 235 Å². The molecule has 6 N–H and O–H groups in total. The molecule has 3 aromatic rings. The van der Waals surface area contributed by atoms with E-state index in [4.69, 9.17) is 10.6 Å². The number of nitrogens with zero attached hydrogens (tertiary/aromatic N) is 5. The number of oxime groups is 1. The summed E-state index contributed by atoms with van der Waals surface area (Å²) in [5, 5.41) is 45.4. The Bertz CT molecular complexity index is 2230. The van der Waals surface area contributed by atoms with E-state index in [-0.39, 0.29) is 63.6 Å². The Morgan fingerprint density at radius 2 is 1.71 bits per heavy atom. The first kappa shape index (κ1) is 39.7. The third kappa shape index (κ3) is 7.41. The number of carbonyl (C=O) groups is 4. The van der Waals surface area contributed by atoms with Gasteiger partial charge in [0.15, 0.2) is 33.6 Å². The van der Waals surface area contributed by atoms with Crippen LogP contribution in [-0.4, -0.2) is 105 Å². The third-order valence-electron chi connectivity index (χ3n) is 10.5. The van der Waals surface area contributed by atoms with Crippen LogP contribution in [0.15, 0.2) is 44.9 Å². The Balaban J connectivity index is 1.31. The van der Waals surface area contributed by atoms with Crippen molar-refractivity contribution in [2.24, 2.45) is 11.1 Å². The highest BCUT2D eigenvalue weighted by Gasteiger charge is 2.56. The van der Waals surface area contributed by atoms with E-state index in [0.29, 0.717) is 34.2 Å². The molecular weight excluding hydrogens is 753 g/mol. The highest BCUT2D eigenvalue weighted by Crippen LogP contribution is 2.49. The van der Waals surface area contributed by atoms with E-state index >= 15 is 0 Å². The molecule has 1 aromatic carbocycles. The Hall–Kier alpha value is -4.94. The maximum absolute atomic E-state index is 14.0. The van der Waals surface area contributed by atoms with Crippen molar-refractivity contribution >= 4 is 68.5 Å². The summed E-state index contributed by atoms with van der Waals surface area (Å²) in [6, 6.07) is 2.66. The number of carboxylic acids is 2. The number of pyridine rings is 1. The molecule has 0 spiro atoms. The van der Waals surface area contributed by atoms with Crippen LogP contribution in [0.25, 0.3) is 10.9 Å². The van der Waals surface area contributed by atoms with Crippen LogP contribution in [0.5, 0.6) is 11.5 Å². The minimum atomic E-state index is -1.78. The molecule has 294 valence electrons. The number of carbonyl (C=O) groups excluding carboxylic acids is 2. The van der Waals surface area contributed by atoms with E-state index in [1.807, 2.05) is 32.3 Å². The smallest absolute Gasteiger partial charge is 0.352 e. The summed E-state index contributed by atoms with van der Waals surface area (Å²) < 4.78 is 2.28. The highest BCUT2D eigenvalue weighted by atomic mass is 32.2. The fourth-order valence-electron chi connectivity index (χ4n) is 7.49. The predicted molar refractivity (Wildman–Crippen MR) is 206 cm³/mol. The molecular formula is C37H45N6O10S2+. The van der Waals surface area contributed by atoms with E-state index in [1.54, 1.807) is 6.20 Å². The first-order valence-electron chi connectivity index (χ1n) is 17.8. The summed E-state index contributed by atoms with van der Waals surface area (Å²) in [5.74, 6) is -5.43. The van der Waals surface area contributed by atoms with E-state index in [0.717, 1.165) is 24.2 Å². The zero-order valence-electron chi connectivity index (χ0n) is 31.4. The lowest BCUT2D eigenvalue weighted by molar-refractivity contribution is -0.925. The van der Waals surface area contributed by atoms with Crippen molar-refractivity contribution in [2.45, 2.75) is 89.1 Å². The number of phenols is 2. The molecule has 1 amide bonds. The number of benzene rings is 1. The second-order valence-electron chi connectivity index (χ2n) is 15.9. The molecule has 0 aliphatic carbocycles. The normalized spacial score (nSPS) is 21.4. The van der Waals surface area contributed by atoms with Crippen LogP contribution in [-0.2, 0) is 36.1 Å². The molecule has 3 aliphatic heterocycles. The molecule has 0 radical (unpaired) electrons. The van der Waals surface area contributed by atoms with Gasteiger partial charge in [0.2, 0.25) is 11.5 Å². The second kappa shape index (κ2) is 14.3. The van der Waals surface area contributed by atoms with Gasteiger partial charge in [0.1, 0.15) is 24.5 Å². The summed E-state index contributed by atoms with van der Waals surface area (Å²) in [6.45, 7) is 12.2. The van der Waals surface area contributed by atoms with Gasteiger partial charge >= 0.3 is 11.9 Å². The fraction of sp³-hybridized carbons (Fsp3) is 0.486. The van der Waals surface area contributed by atoms with Crippen LogP contribution in [0.2, 0.25) is 0 Å². The molecule has 3 atom stereocenters. The number of likely N-dealkylation sites (tertiary alicyclic amines) is 1. The minimum absolute atomic E-state index is 0.0608. The molecule has 2 aromatic heterocycles. The number of quaternary nitrogens is 1. The second-order valence-corrected chi connectivity index (χ2v) is 18.3. The number of aromatic hydroxyl groups is 2. The number of aliphatic carboxylic acids is 2. The number of thiazole rings is 1. The van der Waals surface area contributed by atoms with E-state index in [9.17, 15) is 44.4 Å². The zero-order chi connectivity index (χ0) is 40.4. The van der Waals surface area contributed by atoms with Crippen molar-refractivity contribution in [1.29, 1.82) is 0 Å². The van der Waals surface area contributed by atoms with Gasteiger partial charge in [-0.05, 0) is 47.6 Å². The molecule has 3 aliphatic rings. The number of amides is 1. The number of hydrogen-bond acceptors (Lipinski definition) is 13. The van der Waals surface area contributed by atoms with Gasteiger partial charge in [-0.2, -0.15) is 0 Å². The quantitative estimate of drug-likeness (QED) is 0.0577. The number of nitrogens with two attached hydrogens (primary N) is 1. The van der Waals surface area contributed by atoms with Gasteiger partial charge in [-0.1, -0.05) is 5.16 Å². The van der Waals surface area contributed by atoms with Crippen molar-refractivity contribution in [2.75, 3.05) is 25.4 Å². The molecule has 6 rings (SSSR count). The van der Waals surface area contributed by atoms with Crippen LogP contribution in [0, 0.1) is 5.92 Å². The first-order valence-corrected chi connectivity index (χ1v) is 19.6. The summed E-state index contributed by atoms with van der Waals surface area (Å²) >= 11 is 2.42. The maximum atomic E-state index is 14.0. The lowest BCUT2D eigenvalue weighted by atomic mass is 9.88. The number of rotatable bonds is 12. The van der Waals surface area contributed by atoms with Crippen molar-refractivity contribution in [1.82, 2.24) is 14.5 Å². The average Bonchev–Trinajstić information content (AvgIpc) is 3.74. The largest absolute Gasteiger partial charge is 0.504 e. The lowest BCUT2D eigenvalue weighted by Crippen LogP contribution is -2.63. The number of thioether (sulfide) groups is 1. The van der Waals surface area contributed by atoms with Gasteiger partial charge in [0, 0.05) is 53.3 Å². The van der Waals surface area contributed by atoms with E-state index in [2.05, 4.69) is 10.1 Å². The standard InChI is InChI=1S/C37H44N6O10S2/c1-18-22(16-43(9-7-8-10-43)15-19-14-41(36(2,3)4)24-13-26(45)25(44)11-20(24)30(19)47)29(33(49)50)42-31(48)21(32(42)55-18)12-27(46)28(23-17-54-35(38)39-23)40-53-37(5,6)34(51)52/h11,13-14,17-18,21,32H,7-10,12,15-16H2,1-6H3,(H5-,38,39,40,44,45,46,47,49,50,51,52)/p+1/t18-,21+,32+/m0/s1. The molecule has 16 nitrogen and oxygen atoms in total. The third-order valence-corrected chi connectivity index (χ3v) is 12.7. The van der Waals surface area contributed by atoms with Crippen LogP contribution in [0.1, 0.15) is 72.1 Å². The number of carboxylic acid groups (broad SMARTS) is 2. The Morgan fingerprint density at radius 1 is 1.05 bits per heavy atom. The monoisotopic (exact) mass is 797 g/mol. The molecule has 0 unspecified atom stereocenters. The number of β-lactam (4-membered cyclic amide) rings is 1. The van der Waals surface area contributed by atoms with Gasteiger partial charge in [0.05, 0.1) is 40.8 Å². The van der Waals surface area contributed by atoms with Crippen molar-refractivity contribution in [3.8, 4) is 11.5 Å². The van der Waals surface area contributed by atoms with Crippen LogP contribution in [0.4, 0.5) is 5.13 Å². The molecule has 5 heterocycles. The van der Waals surface area contributed by atoms with Gasteiger partial charge < -0.3 is 40.0 Å². The number of nitrogen functional groups attached to an aromatic ring is 1. The first-order chi connectivity index (χ1) is 25.6. The van der Waals surface area contributed by atoms with Crippen molar-refractivity contribution in [3.05, 3.63) is 56.5 Å². The Labute approximate surface area is 324 Å². The number of fused-ring (bicyclic) bond motifs is 2. The number of phenolic OH excluding ortho intramolecular Hbond substituents is 2. The fourth-order valence-corrected chi connectivity index (χ4v) is 9.54. The summed E-state index contributed by atoms with van der Waals surface area (Å²) in [4.78, 5) is 76.7. The molecule has 18 heteroatoms. The van der Waals surface area contributed by atoms with E-state index < -0.39 is 51.8 Å². The summed E-state index contributed by atoms with van der Waals surface area (Å²) in [6.07, 6.45) is 3.13. The van der Waals surface area contributed by atoms with E-state index in [1.165, 1.54) is 48.0 Å². The van der Waals surface area contributed by atoms with Gasteiger partial charge in [-0.25, -0.2) is 14.6 Å². The minimum Gasteiger partial charge on any atom is -0.504 e. The zero-order valence-corrected chi connectivity index (χ0v) is 33.0. The SMILES string of the molecule is C[C@@H]1S[C@@H]2[C@H](CC(=O)/C(=N\OC(C)(C)C(=O)O)c3csc(N)n3)C(=O)N2C(C(=O)O)=C1C[N+]1(Cc2cn(C(C)(C)C)c3cc(O)c(O)cc3c2=O)CCCC1. The van der Waals surface area contributed by atoms with Gasteiger partial charge in [-0.15, -0.1) is 23.1 Å². The number of hydrogen-bond donors (Lipinski definition) is 5. The highest BCUT2D eigenvalue weighted by molar-refractivity contribution is 8.00. The summed E-state index contributed by atoms with van der Waals surface area (Å²) in [5.41, 5.74) is 4.35. The van der Waals surface area contributed by atoms with Crippen LogP contribution < -0.4 is 11.2 Å². The van der Waals surface area contributed by atoms with Crippen molar-refractivity contribution in [3.63, 3.8) is 0 Å². The van der Waals surface area contributed by atoms with Crippen molar-refractivity contribution < 1.29 is 48.9 Å². The van der Waals surface area contributed by atoms with Gasteiger partial charge in [0.25, 0.3) is 0 Å². The Kier molecular flexibility index (Phi) is 10.3. The lowest BCUT2D eigenvalue weighted by Gasteiger charge is -2.51. The number of aromatic nitrogens is 2. The molecule has 0 saturated carbocycles. The van der Waals surface area contributed by atoms with Crippen LogP contribution >= 0.6 is 23.1 Å². The Morgan fingerprint density at radius 3 is 2.29 bits per heavy atom. The predicted octanol–water partition coefficient (Wildman–Crippen LogP) is 3.82. The van der Waals surface area contributed by atoms with Gasteiger partial charge in [-0.3, -0.25) is 19.3 Å².